The SMILES string of the molecule is N=CC1C=CCCC1. The average Bonchev–Trinajstić information content (AvgIpc) is 1.90. The molecule has 44 valence electrons. The van der Waals surface area contributed by atoms with Gasteiger partial charge in [0.2, 0.25) is 0 Å². The quantitative estimate of drug-likeness (QED) is 0.393. The maximum atomic E-state index is 6.92. The van der Waals surface area contributed by atoms with Crippen molar-refractivity contribution in [3.05, 3.63) is 12.2 Å². The first-order valence-electron chi connectivity index (χ1n) is 3.11. The second-order valence-electron chi connectivity index (χ2n) is 2.19. The molecule has 0 bridgehead atoms. The van der Waals surface area contributed by atoms with Crippen molar-refractivity contribution in [1.82, 2.24) is 0 Å². The van der Waals surface area contributed by atoms with Crippen molar-refractivity contribution in [2.75, 3.05) is 0 Å². The first kappa shape index (κ1) is 5.54. The molecule has 0 heterocycles. The van der Waals surface area contributed by atoms with Crippen LogP contribution in [-0.4, -0.2) is 6.21 Å². The predicted octanol–water partition coefficient (Wildman–Crippen LogP) is 1.99. The summed E-state index contributed by atoms with van der Waals surface area (Å²) < 4.78 is 0. The Morgan fingerprint density at radius 3 is 2.88 bits per heavy atom. The molecule has 1 heteroatoms. The van der Waals surface area contributed by atoms with Crippen LogP contribution in [-0.2, 0) is 0 Å². The Bertz CT molecular complexity index is 105. The molecule has 1 unspecified atom stereocenters. The van der Waals surface area contributed by atoms with Crippen molar-refractivity contribution < 1.29 is 0 Å². The average molecular weight is 109 g/mol. The van der Waals surface area contributed by atoms with Crippen molar-refractivity contribution in [3.63, 3.8) is 0 Å². The highest BCUT2D eigenvalue weighted by Crippen LogP contribution is 2.13. The highest BCUT2D eigenvalue weighted by atomic mass is 14.3. The second kappa shape index (κ2) is 2.65. The van der Waals surface area contributed by atoms with Crippen molar-refractivity contribution in [3.8, 4) is 0 Å². The minimum atomic E-state index is 0.448. The summed E-state index contributed by atoms with van der Waals surface area (Å²) in [5.41, 5.74) is 0. The Balaban J connectivity index is 2.42. The van der Waals surface area contributed by atoms with Gasteiger partial charge in [-0.05, 0) is 19.3 Å². The van der Waals surface area contributed by atoms with Gasteiger partial charge in [0.1, 0.15) is 0 Å². The summed E-state index contributed by atoms with van der Waals surface area (Å²) in [6.45, 7) is 0. The van der Waals surface area contributed by atoms with Crippen LogP contribution < -0.4 is 0 Å². The molecule has 1 N–H and O–H groups in total. The zero-order valence-corrected chi connectivity index (χ0v) is 4.93. The fraction of sp³-hybridized carbons (Fsp3) is 0.571. The second-order valence-corrected chi connectivity index (χ2v) is 2.19. The molecule has 1 nitrogen and oxygen atoms in total. The molecule has 0 radical (unpaired) electrons. The van der Waals surface area contributed by atoms with Crippen LogP contribution in [0.25, 0.3) is 0 Å². The van der Waals surface area contributed by atoms with E-state index in [0.29, 0.717) is 5.92 Å². The van der Waals surface area contributed by atoms with Gasteiger partial charge in [0, 0.05) is 12.1 Å². The van der Waals surface area contributed by atoms with Crippen molar-refractivity contribution in [2.45, 2.75) is 19.3 Å². The molecule has 8 heavy (non-hydrogen) atoms. The van der Waals surface area contributed by atoms with Crippen molar-refractivity contribution >= 4 is 6.21 Å². The third-order valence-corrected chi connectivity index (χ3v) is 1.51. The molecule has 1 aliphatic rings. The Hall–Kier alpha value is -0.590. The van der Waals surface area contributed by atoms with Crippen LogP contribution in [0.15, 0.2) is 12.2 Å². The normalized spacial score (nSPS) is 27.8. The highest BCUT2D eigenvalue weighted by Gasteiger charge is 2.02. The van der Waals surface area contributed by atoms with Gasteiger partial charge in [0.05, 0.1) is 0 Å². The third kappa shape index (κ3) is 1.19. The van der Waals surface area contributed by atoms with Gasteiger partial charge in [-0.2, -0.15) is 0 Å². The lowest BCUT2D eigenvalue weighted by molar-refractivity contribution is 0.662. The van der Waals surface area contributed by atoms with E-state index in [-0.39, 0.29) is 0 Å². The van der Waals surface area contributed by atoms with E-state index in [1.807, 2.05) is 0 Å². The summed E-state index contributed by atoms with van der Waals surface area (Å²) in [6.07, 6.45) is 9.46. The lowest BCUT2D eigenvalue weighted by Gasteiger charge is -2.08. The molecule has 1 atom stereocenters. The predicted molar refractivity (Wildman–Crippen MR) is 35.3 cm³/mol. The van der Waals surface area contributed by atoms with E-state index in [0.717, 1.165) is 0 Å². The van der Waals surface area contributed by atoms with E-state index in [1.54, 1.807) is 0 Å². The first-order chi connectivity index (χ1) is 3.93. The van der Waals surface area contributed by atoms with Crippen LogP contribution >= 0.6 is 0 Å². The highest BCUT2D eigenvalue weighted by molar-refractivity contribution is 5.59. The molecular weight excluding hydrogens is 98.1 g/mol. The molecule has 1 aliphatic carbocycles. The minimum absolute atomic E-state index is 0.448. The van der Waals surface area contributed by atoms with Gasteiger partial charge in [-0.3, -0.25) is 0 Å². The molecule has 0 amide bonds. The van der Waals surface area contributed by atoms with E-state index in [2.05, 4.69) is 12.2 Å². The maximum absolute atomic E-state index is 6.92. The number of rotatable bonds is 1. The lowest BCUT2D eigenvalue weighted by atomic mass is 9.97. The smallest absolute Gasteiger partial charge is 0.0115 e. The van der Waals surface area contributed by atoms with Gasteiger partial charge < -0.3 is 5.41 Å². The molecule has 0 aliphatic heterocycles. The molecule has 0 saturated heterocycles. The third-order valence-electron chi connectivity index (χ3n) is 1.51. The Morgan fingerprint density at radius 2 is 2.50 bits per heavy atom. The fourth-order valence-electron chi connectivity index (χ4n) is 0.978. The van der Waals surface area contributed by atoms with Gasteiger partial charge in [-0.15, -0.1) is 0 Å². The Labute approximate surface area is 49.9 Å². The monoisotopic (exact) mass is 109 g/mol. The molecular formula is C7H11N. The van der Waals surface area contributed by atoms with E-state index in [1.165, 1.54) is 25.5 Å². The largest absolute Gasteiger partial charge is 0.312 e. The van der Waals surface area contributed by atoms with Crippen LogP contribution in [0.5, 0.6) is 0 Å². The van der Waals surface area contributed by atoms with Crippen LogP contribution in [0.4, 0.5) is 0 Å². The summed E-state index contributed by atoms with van der Waals surface area (Å²) in [6, 6.07) is 0. The summed E-state index contributed by atoms with van der Waals surface area (Å²) in [5, 5.41) is 6.92. The number of allylic oxidation sites excluding steroid dienone is 2. The number of hydrogen-bond donors (Lipinski definition) is 1. The van der Waals surface area contributed by atoms with E-state index < -0.39 is 0 Å². The molecule has 0 saturated carbocycles. The topological polar surface area (TPSA) is 23.9 Å². The molecule has 1 rings (SSSR count). The van der Waals surface area contributed by atoms with Gasteiger partial charge >= 0.3 is 0 Å². The number of nitrogens with one attached hydrogen (secondary N) is 1. The zero-order chi connectivity index (χ0) is 5.82. The minimum Gasteiger partial charge on any atom is -0.312 e. The summed E-state index contributed by atoms with van der Waals surface area (Å²) in [7, 11) is 0. The van der Waals surface area contributed by atoms with Crippen LogP contribution in [0.2, 0.25) is 0 Å². The Kier molecular flexibility index (Phi) is 1.84. The molecule has 0 spiro atoms. The standard InChI is InChI=1S/C7H11N/c8-6-7-4-2-1-3-5-7/h2,4,6-8H,1,3,5H2. The van der Waals surface area contributed by atoms with Gasteiger partial charge in [-0.25, -0.2) is 0 Å². The van der Waals surface area contributed by atoms with Gasteiger partial charge in [-0.1, -0.05) is 12.2 Å². The van der Waals surface area contributed by atoms with Crippen molar-refractivity contribution in [1.29, 1.82) is 5.41 Å². The molecule has 0 aromatic heterocycles. The van der Waals surface area contributed by atoms with E-state index in [9.17, 15) is 0 Å². The Morgan fingerprint density at radius 1 is 1.62 bits per heavy atom. The number of hydrogen-bond acceptors (Lipinski definition) is 1. The fourth-order valence-corrected chi connectivity index (χ4v) is 0.978. The zero-order valence-electron chi connectivity index (χ0n) is 4.93. The van der Waals surface area contributed by atoms with E-state index in [4.69, 9.17) is 5.41 Å². The van der Waals surface area contributed by atoms with Crippen LogP contribution in [0.3, 0.4) is 0 Å². The summed E-state index contributed by atoms with van der Waals surface area (Å²) in [5.74, 6) is 0.448. The lowest BCUT2D eigenvalue weighted by Crippen LogP contribution is -1.99. The van der Waals surface area contributed by atoms with Gasteiger partial charge in [0.15, 0.2) is 0 Å². The first-order valence-corrected chi connectivity index (χ1v) is 3.11. The molecule has 0 aromatic rings. The molecule has 0 fully saturated rings. The van der Waals surface area contributed by atoms with Crippen LogP contribution in [0, 0.1) is 11.3 Å². The summed E-state index contributed by atoms with van der Waals surface area (Å²) in [4.78, 5) is 0. The molecule has 0 aromatic carbocycles. The van der Waals surface area contributed by atoms with Crippen LogP contribution in [0.1, 0.15) is 19.3 Å². The van der Waals surface area contributed by atoms with Gasteiger partial charge in [0.25, 0.3) is 0 Å². The van der Waals surface area contributed by atoms with E-state index >= 15 is 0 Å². The maximum Gasteiger partial charge on any atom is 0.0115 e. The van der Waals surface area contributed by atoms with Crippen molar-refractivity contribution in [2.24, 2.45) is 5.92 Å². The summed E-state index contributed by atoms with van der Waals surface area (Å²) >= 11 is 0.